The minimum Gasteiger partial charge on any atom is -0.480 e. The van der Waals surface area contributed by atoms with E-state index < -0.39 is 17.8 Å². The number of amides is 1. The fourth-order valence-electron chi connectivity index (χ4n) is 2.94. The van der Waals surface area contributed by atoms with Crippen molar-refractivity contribution in [1.29, 1.82) is 0 Å². The first-order valence-electron chi connectivity index (χ1n) is 8.07. The van der Waals surface area contributed by atoms with E-state index >= 15 is 0 Å². The minimum atomic E-state index is -4.52. The summed E-state index contributed by atoms with van der Waals surface area (Å²) < 4.78 is 44.4. The van der Waals surface area contributed by atoms with Crippen LogP contribution < -0.4 is 10.5 Å². The molecule has 24 heavy (non-hydrogen) atoms. The first-order valence-corrected chi connectivity index (χ1v) is 8.07. The lowest BCUT2D eigenvalue weighted by molar-refractivity contribution is -0.144. The number of hydrogen-bond donors (Lipinski definition) is 1. The molecule has 0 aromatic heterocycles. The number of carbonyl (C=O) groups is 1. The van der Waals surface area contributed by atoms with Crippen LogP contribution in [0.3, 0.4) is 0 Å². The van der Waals surface area contributed by atoms with Gasteiger partial charge in [-0.15, -0.1) is 0 Å². The highest BCUT2D eigenvalue weighted by Crippen LogP contribution is 2.36. The number of ether oxygens (including phenoxy) is 1. The molecule has 4 nitrogen and oxygen atoms in total. The number of hydrogen-bond acceptors (Lipinski definition) is 3. The molecule has 0 unspecified atom stereocenters. The summed E-state index contributed by atoms with van der Waals surface area (Å²) in [5.41, 5.74) is 5.02. The second-order valence-electron chi connectivity index (χ2n) is 6.30. The van der Waals surface area contributed by atoms with Crippen molar-refractivity contribution in [2.24, 2.45) is 11.7 Å². The average Bonchev–Trinajstić information content (AvgIpc) is 2.53. The smallest absolute Gasteiger partial charge is 0.419 e. The summed E-state index contributed by atoms with van der Waals surface area (Å²) >= 11 is 0. The van der Waals surface area contributed by atoms with Crippen LogP contribution in [0.2, 0.25) is 0 Å². The summed E-state index contributed by atoms with van der Waals surface area (Å²) in [6.07, 6.45) is -3.72. The maximum absolute atomic E-state index is 13.0. The van der Waals surface area contributed by atoms with Crippen molar-refractivity contribution in [1.82, 2.24) is 4.90 Å². The van der Waals surface area contributed by atoms with Crippen molar-refractivity contribution in [3.8, 4) is 5.75 Å². The number of likely N-dealkylation sites (tertiary alicyclic amines) is 1. The standard InChI is InChI=1S/C17H23F3N2O2/c1-11(21)13-6-5-9-22(10-13)16(23)12(2)24-15-8-4-3-7-14(15)17(18,19)20/h3-4,7-8,11-13H,5-6,9-10,21H2,1-2H3/t11-,12-,13-/m0/s1. The monoisotopic (exact) mass is 344 g/mol. The lowest BCUT2D eigenvalue weighted by Gasteiger charge is -2.36. The Bertz CT molecular complexity index is 575. The van der Waals surface area contributed by atoms with Crippen molar-refractivity contribution < 1.29 is 22.7 Å². The maximum Gasteiger partial charge on any atom is 0.419 e. The second-order valence-corrected chi connectivity index (χ2v) is 6.30. The molecule has 2 N–H and O–H groups in total. The predicted octanol–water partition coefficient (Wildman–Crippen LogP) is 3.06. The first kappa shape index (κ1) is 18.6. The molecule has 1 heterocycles. The van der Waals surface area contributed by atoms with Crippen LogP contribution in [0, 0.1) is 5.92 Å². The van der Waals surface area contributed by atoms with E-state index in [0.717, 1.165) is 18.9 Å². The molecule has 2 rings (SSSR count). The van der Waals surface area contributed by atoms with Gasteiger partial charge in [-0.25, -0.2) is 0 Å². The zero-order chi connectivity index (χ0) is 17.9. The van der Waals surface area contributed by atoms with Crippen molar-refractivity contribution in [3.63, 3.8) is 0 Å². The van der Waals surface area contributed by atoms with Crippen LogP contribution in [-0.4, -0.2) is 36.0 Å². The molecule has 1 fully saturated rings. The summed E-state index contributed by atoms with van der Waals surface area (Å²) in [6, 6.07) is 4.89. The van der Waals surface area contributed by atoms with Crippen LogP contribution in [0.5, 0.6) is 5.75 Å². The topological polar surface area (TPSA) is 55.6 Å². The van der Waals surface area contributed by atoms with Gasteiger partial charge < -0.3 is 15.4 Å². The molecule has 0 saturated carbocycles. The second kappa shape index (κ2) is 7.42. The first-order chi connectivity index (χ1) is 11.2. The van der Waals surface area contributed by atoms with Gasteiger partial charge in [0.1, 0.15) is 5.75 Å². The molecule has 0 aliphatic carbocycles. The van der Waals surface area contributed by atoms with Crippen LogP contribution in [0.25, 0.3) is 0 Å². The van der Waals surface area contributed by atoms with Crippen molar-refractivity contribution in [3.05, 3.63) is 29.8 Å². The molecule has 1 aliphatic heterocycles. The Hall–Kier alpha value is -1.76. The molecule has 1 amide bonds. The van der Waals surface area contributed by atoms with Gasteiger partial charge >= 0.3 is 6.18 Å². The number of alkyl halides is 3. The molecule has 0 bridgehead atoms. The number of nitrogens with two attached hydrogens (primary N) is 1. The zero-order valence-corrected chi connectivity index (χ0v) is 13.8. The van der Waals surface area contributed by atoms with E-state index in [2.05, 4.69) is 0 Å². The van der Waals surface area contributed by atoms with E-state index in [9.17, 15) is 18.0 Å². The normalized spacial score (nSPS) is 21.2. The Morgan fingerprint density at radius 3 is 2.62 bits per heavy atom. The fraction of sp³-hybridized carbons (Fsp3) is 0.588. The molecule has 7 heteroatoms. The van der Waals surface area contributed by atoms with Crippen molar-refractivity contribution >= 4 is 5.91 Å². The third-order valence-corrected chi connectivity index (χ3v) is 4.36. The van der Waals surface area contributed by atoms with E-state index in [1.54, 1.807) is 4.90 Å². The largest absolute Gasteiger partial charge is 0.480 e. The van der Waals surface area contributed by atoms with Crippen molar-refractivity contribution in [2.45, 2.75) is 45.0 Å². The van der Waals surface area contributed by atoms with E-state index in [1.165, 1.54) is 25.1 Å². The van der Waals surface area contributed by atoms with E-state index in [-0.39, 0.29) is 23.6 Å². The van der Waals surface area contributed by atoms with Gasteiger partial charge in [-0.3, -0.25) is 4.79 Å². The van der Waals surface area contributed by atoms with Gasteiger partial charge in [0.25, 0.3) is 5.91 Å². The fourth-order valence-corrected chi connectivity index (χ4v) is 2.94. The summed E-state index contributed by atoms with van der Waals surface area (Å²) in [6.45, 7) is 4.48. The van der Waals surface area contributed by atoms with Gasteiger partial charge in [0, 0.05) is 19.1 Å². The van der Waals surface area contributed by atoms with E-state index in [4.69, 9.17) is 10.5 Å². The molecule has 1 aromatic carbocycles. The summed E-state index contributed by atoms with van der Waals surface area (Å²) in [5.74, 6) is -0.429. The van der Waals surface area contributed by atoms with Crippen LogP contribution in [-0.2, 0) is 11.0 Å². The molecule has 134 valence electrons. The van der Waals surface area contributed by atoms with E-state index in [1.807, 2.05) is 6.92 Å². The molecular formula is C17H23F3N2O2. The van der Waals surface area contributed by atoms with Gasteiger partial charge in [-0.05, 0) is 44.7 Å². The van der Waals surface area contributed by atoms with Gasteiger partial charge in [-0.2, -0.15) is 13.2 Å². The van der Waals surface area contributed by atoms with Gasteiger partial charge in [-0.1, -0.05) is 12.1 Å². The Labute approximate surface area is 139 Å². The Morgan fingerprint density at radius 2 is 2.00 bits per heavy atom. The van der Waals surface area contributed by atoms with Gasteiger partial charge in [0.2, 0.25) is 0 Å². The lowest BCUT2D eigenvalue weighted by Crippen LogP contribution is -2.49. The lowest BCUT2D eigenvalue weighted by atomic mass is 9.92. The summed E-state index contributed by atoms with van der Waals surface area (Å²) in [4.78, 5) is 14.1. The molecule has 0 radical (unpaired) electrons. The molecule has 0 spiro atoms. The quantitative estimate of drug-likeness (QED) is 0.913. The molecule has 3 atom stereocenters. The number of halogens is 3. The Kier molecular flexibility index (Phi) is 5.74. The third kappa shape index (κ3) is 4.41. The van der Waals surface area contributed by atoms with Crippen LogP contribution in [0.1, 0.15) is 32.3 Å². The maximum atomic E-state index is 13.0. The molecule has 1 saturated heterocycles. The van der Waals surface area contributed by atoms with Crippen LogP contribution in [0.4, 0.5) is 13.2 Å². The summed E-state index contributed by atoms with van der Waals surface area (Å²) in [5, 5.41) is 0. The highest BCUT2D eigenvalue weighted by Gasteiger charge is 2.35. The van der Waals surface area contributed by atoms with E-state index in [0.29, 0.717) is 13.1 Å². The average molecular weight is 344 g/mol. The Balaban J connectivity index is 2.07. The molecule has 1 aliphatic rings. The number of piperidine rings is 1. The SMILES string of the molecule is C[C@H](Oc1ccccc1C(F)(F)F)C(=O)N1CCC[C@H]([C@H](C)N)C1. The molecular weight excluding hydrogens is 321 g/mol. The highest BCUT2D eigenvalue weighted by molar-refractivity contribution is 5.81. The highest BCUT2D eigenvalue weighted by atomic mass is 19.4. The molecule has 1 aromatic rings. The zero-order valence-electron chi connectivity index (χ0n) is 13.8. The van der Waals surface area contributed by atoms with Crippen LogP contribution >= 0.6 is 0 Å². The predicted molar refractivity (Wildman–Crippen MR) is 84.5 cm³/mol. The number of para-hydroxylation sites is 1. The number of benzene rings is 1. The van der Waals surface area contributed by atoms with Crippen LogP contribution in [0.15, 0.2) is 24.3 Å². The minimum absolute atomic E-state index is 0.0252. The number of nitrogens with zero attached hydrogens (tertiary/aromatic N) is 1. The van der Waals surface area contributed by atoms with Gasteiger partial charge in [0.15, 0.2) is 6.10 Å². The summed E-state index contributed by atoms with van der Waals surface area (Å²) in [7, 11) is 0. The van der Waals surface area contributed by atoms with Gasteiger partial charge in [0.05, 0.1) is 5.56 Å². The third-order valence-electron chi connectivity index (χ3n) is 4.36. The number of rotatable bonds is 4. The number of carbonyl (C=O) groups excluding carboxylic acids is 1. The Morgan fingerprint density at radius 1 is 1.33 bits per heavy atom. The van der Waals surface area contributed by atoms with Crippen molar-refractivity contribution in [2.75, 3.05) is 13.1 Å².